The summed E-state index contributed by atoms with van der Waals surface area (Å²) in [7, 11) is 0. The second-order valence-electron chi connectivity index (χ2n) is 8.59. The van der Waals surface area contributed by atoms with Crippen molar-refractivity contribution in [2.24, 2.45) is 0 Å². The fourth-order valence-corrected chi connectivity index (χ4v) is 4.73. The number of hydrogen-bond donors (Lipinski definition) is 3. The van der Waals surface area contributed by atoms with Gasteiger partial charge in [-0.15, -0.1) is 0 Å². The van der Waals surface area contributed by atoms with Gasteiger partial charge in [0.05, 0.1) is 12.6 Å². The first-order valence-corrected chi connectivity index (χ1v) is 11.2. The van der Waals surface area contributed by atoms with E-state index in [-0.39, 0.29) is 24.4 Å². The van der Waals surface area contributed by atoms with Crippen molar-refractivity contribution in [3.8, 4) is 0 Å². The number of carbonyl (C=O) groups is 3. The Morgan fingerprint density at radius 3 is 2.61 bits per heavy atom. The number of hydrogen-bond acceptors (Lipinski definition) is 5. The zero-order valence-electron chi connectivity index (χ0n) is 18.3. The molecule has 3 amide bonds. The third-order valence-electron chi connectivity index (χ3n) is 6.37. The van der Waals surface area contributed by atoms with Crippen LogP contribution in [-0.4, -0.2) is 68.1 Å². The molecule has 3 heterocycles. The van der Waals surface area contributed by atoms with Gasteiger partial charge in [-0.05, 0) is 49.4 Å². The van der Waals surface area contributed by atoms with Crippen LogP contribution in [0, 0.1) is 0 Å². The first-order valence-electron chi connectivity index (χ1n) is 11.2. The molecule has 0 radical (unpaired) electrons. The van der Waals surface area contributed by atoms with Gasteiger partial charge in [-0.2, -0.15) is 0 Å². The molecule has 3 atom stereocenters. The van der Waals surface area contributed by atoms with Crippen molar-refractivity contribution < 1.29 is 24.6 Å². The minimum Gasteiger partial charge on any atom is -0.465 e. The minimum atomic E-state index is -1.05. The van der Waals surface area contributed by atoms with Gasteiger partial charge in [0.15, 0.2) is 0 Å². The van der Waals surface area contributed by atoms with Gasteiger partial charge in [0.25, 0.3) is 0 Å². The van der Waals surface area contributed by atoms with E-state index in [2.05, 4.69) is 10.3 Å². The van der Waals surface area contributed by atoms with Crippen LogP contribution in [0.1, 0.15) is 42.9 Å². The number of rotatable bonds is 7. The number of anilines is 1. The summed E-state index contributed by atoms with van der Waals surface area (Å²) in [6, 6.07) is 9.98. The lowest BCUT2D eigenvalue weighted by Gasteiger charge is -2.30. The minimum absolute atomic E-state index is 0.00648. The fraction of sp³-hybridized carbons (Fsp3) is 0.417. The first kappa shape index (κ1) is 22.7. The highest BCUT2D eigenvalue weighted by molar-refractivity contribution is 5.94. The monoisotopic (exact) mass is 452 g/mol. The van der Waals surface area contributed by atoms with E-state index >= 15 is 0 Å². The summed E-state index contributed by atoms with van der Waals surface area (Å²) in [5.74, 6) is -0.231. The number of carbonyl (C=O) groups excluding carboxylic acids is 2. The number of nitrogens with one attached hydrogen (secondary N) is 1. The van der Waals surface area contributed by atoms with E-state index in [9.17, 15) is 24.6 Å². The molecule has 33 heavy (non-hydrogen) atoms. The Kier molecular flexibility index (Phi) is 6.88. The molecule has 2 fully saturated rings. The highest BCUT2D eigenvalue weighted by Gasteiger charge is 2.41. The molecule has 0 bridgehead atoms. The van der Waals surface area contributed by atoms with Gasteiger partial charge >= 0.3 is 6.09 Å². The second kappa shape index (κ2) is 9.99. The number of likely N-dealkylation sites (tertiary alicyclic amines) is 2. The maximum atomic E-state index is 12.2. The summed E-state index contributed by atoms with van der Waals surface area (Å²) < 4.78 is 0. The molecule has 1 aromatic carbocycles. The first-order chi connectivity index (χ1) is 15.9. The molecule has 2 saturated heterocycles. The molecule has 1 aromatic heterocycles. The average Bonchev–Trinajstić information content (AvgIpc) is 3.41. The van der Waals surface area contributed by atoms with Crippen molar-refractivity contribution in [2.75, 3.05) is 18.4 Å². The normalized spacial score (nSPS) is 21.3. The Balaban J connectivity index is 1.36. The van der Waals surface area contributed by atoms with Crippen molar-refractivity contribution in [3.05, 3.63) is 59.9 Å². The van der Waals surface area contributed by atoms with Crippen LogP contribution >= 0.6 is 0 Å². The predicted molar refractivity (Wildman–Crippen MR) is 120 cm³/mol. The largest absolute Gasteiger partial charge is 0.465 e. The Morgan fingerprint density at radius 1 is 1.18 bits per heavy atom. The van der Waals surface area contributed by atoms with E-state index in [1.807, 2.05) is 12.1 Å². The summed E-state index contributed by atoms with van der Waals surface area (Å²) in [5, 5.41) is 23.4. The summed E-state index contributed by atoms with van der Waals surface area (Å²) >= 11 is 0. The molecule has 2 aliphatic heterocycles. The third-order valence-corrected chi connectivity index (χ3v) is 6.37. The summed E-state index contributed by atoms with van der Waals surface area (Å²) in [4.78, 5) is 42.8. The molecule has 9 heteroatoms. The number of pyridine rings is 1. The van der Waals surface area contributed by atoms with Crippen LogP contribution in [0.25, 0.3) is 0 Å². The molecule has 0 saturated carbocycles. The number of aliphatic hydroxyl groups is 1. The quantitative estimate of drug-likeness (QED) is 0.593. The van der Waals surface area contributed by atoms with E-state index in [4.69, 9.17) is 0 Å². The Labute approximate surface area is 192 Å². The van der Waals surface area contributed by atoms with E-state index < -0.39 is 18.2 Å². The predicted octanol–water partition coefficient (Wildman–Crippen LogP) is 2.43. The number of benzene rings is 1. The summed E-state index contributed by atoms with van der Waals surface area (Å²) in [6.45, 7) is 0.667. The van der Waals surface area contributed by atoms with E-state index in [0.717, 1.165) is 12.0 Å². The number of aromatic nitrogens is 1. The van der Waals surface area contributed by atoms with Gasteiger partial charge < -0.3 is 20.4 Å². The molecule has 0 spiro atoms. The van der Waals surface area contributed by atoms with Crippen molar-refractivity contribution in [2.45, 2.75) is 50.3 Å². The van der Waals surface area contributed by atoms with E-state index in [1.54, 1.807) is 41.6 Å². The lowest BCUT2D eigenvalue weighted by atomic mass is 10.0. The number of amides is 3. The van der Waals surface area contributed by atoms with Crippen LogP contribution in [0.15, 0.2) is 48.8 Å². The smallest absolute Gasteiger partial charge is 0.407 e. The van der Waals surface area contributed by atoms with Crippen LogP contribution in [0.3, 0.4) is 0 Å². The molecule has 174 valence electrons. The molecule has 9 nitrogen and oxygen atoms in total. The molecule has 0 aliphatic carbocycles. The fourth-order valence-electron chi connectivity index (χ4n) is 4.73. The average molecular weight is 453 g/mol. The van der Waals surface area contributed by atoms with Crippen LogP contribution in [-0.2, 0) is 16.0 Å². The third kappa shape index (κ3) is 5.31. The van der Waals surface area contributed by atoms with E-state index in [0.29, 0.717) is 43.5 Å². The molecular weight excluding hydrogens is 424 g/mol. The lowest BCUT2D eigenvalue weighted by Crippen LogP contribution is -2.44. The van der Waals surface area contributed by atoms with Crippen molar-refractivity contribution >= 4 is 23.6 Å². The summed E-state index contributed by atoms with van der Waals surface area (Å²) in [5.41, 5.74) is 2.17. The van der Waals surface area contributed by atoms with Gasteiger partial charge in [0, 0.05) is 42.7 Å². The number of nitrogens with zero attached hydrogens (tertiary/aromatic N) is 3. The molecule has 3 N–H and O–H groups in total. The van der Waals surface area contributed by atoms with E-state index in [1.165, 1.54) is 4.90 Å². The van der Waals surface area contributed by atoms with Crippen LogP contribution in [0.5, 0.6) is 0 Å². The van der Waals surface area contributed by atoms with Crippen molar-refractivity contribution in [3.63, 3.8) is 0 Å². The zero-order chi connectivity index (χ0) is 23.4. The lowest BCUT2D eigenvalue weighted by molar-refractivity contribution is -0.131. The molecule has 4 rings (SSSR count). The second-order valence-corrected chi connectivity index (χ2v) is 8.59. The Bertz CT molecular complexity index is 998. The highest BCUT2D eigenvalue weighted by Crippen LogP contribution is 2.34. The van der Waals surface area contributed by atoms with Crippen molar-refractivity contribution in [1.29, 1.82) is 0 Å². The highest BCUT2D eigenvalue weighted by atomic mass is 16.4. The van der Waals surface area contributed by atoms with Gasteiger partial charge in [-0.3, -0.25) is 19.5 Å². The van der Waals surface area contributed by atoms with Gasteiger partial charge in [-0.1, -0.05) is 18.2 Å². The molecule has 2 aromatic rings. The maximum absolute atomic E-state index is 12.2. The topological polar surface area (TPSA) is 123 Å². The summed E-state index contributed by atoms with van der Waals surface area (Å²) in [6.07, 6.45) is 4.20. The SMILES string of the molecule is O=C(CN1CCCC1=O)Nc1ccc(C[C@@H]2CC[C@H](C(O)c3cccnc3)N2C(=O)O)cc1. The Hall–Kier alpha value is -3.46. The number of carboxylic acid groups (broad SMARTS) is 1. The number of aliphatic hydroxyl groups excluding tert-OH is 1. The van der Waals surface area contributed by atoms with Crippen LogP contribution in [0.2, 0.25) is 0 Å². The molecular formula is C24H28N4O5. The maximum Gasteiger partial charge on any atom is 0.407 e. The van der Waals surface area contributed by atoms with Gasteiger partial charge in [0.2, 0.25) is 11.8 Å². The molecule has 2 aliphatic rings. The van der Waals surface area contributed by atoms with Gasteiger partial charge in [0.1, 0.15) is 6.10 Å². The van der Waals surface area contributed by atoms with Crippen molar-refractivity contribution in [1.82, 2.24) is 14.8 Å². The Morgan fingerprint density at radius 2 is 1.97 bits per heavy atom. The van der Waals surface area contributed by atoms with Gasteiger partial charge in [-0.25, -0.2) is 4.79 Å². The van der Waals surface area contributed by atoms with Crippen LogP contribution in [0.4, 0.5) is 10.5 Å². The van der Waals surface area contributed by atoms with Crippen LogP contribution < -0.4 is 5.32 Å². The zero-order valence-corrected chi connectivity index (χ0v) is 18.3. The molecule has 1 unspecified atom stereocenters. The standard InChI is InChI=1S/C24H28N4O5/c29-21(15-27-12-2-4-22(27)30)26-18-7-5-16(6-8-18)13-19-9-10-20(28(19)24(32)33)23(31)17-3-1-11-25-14-17/h1,3,5-8,11,14,19-20,23,31H,2,4,9-10,12-13,15H2,(H,26,29)(H,32,33)/t19-,20+,23?/m0/s1.